The van der Waals surface area contributed by atoms with Crippen molar-refractivity contribution in [2.24, 2.45) is 11.7 Å². The van der Waals surface area contributed by atoms with Gasteiger partial charge < -0.3 is 10.6 Å². The Bertz CT molecular complexity index is 514. The summed E-state index contributed by atoms with van der Waals surface area (Å²) in [6.45, 7) is 2.02. The predicted octanol–water partition coefficient (Wildman–Crippen LogP) is 1.09. The topological polar surface area (TPSA) is 70.4 Å². The summed E-state index contributed by atoms with van der Waals surface area (Å²) in [5.41, 5.74) is 13.1. The minimum atomic E-state index is -0.139. The second-order valence-corrected chi connectivity index (χ2v) is 5.87. The molecule has 7 heteroatoms. The predicted molar refractivity (Wildman–Crippen MR) is 85.2 cm³/mol. The number of carbonyl (C=O) groups is 1. The Kier molecular flexibility index (Phi) is 5.46. The number of hydrogen-bond donors (Lipinski definition) is 3. The summed E-state index contributed by atoms with van der Waals surface area (Å²) in [4.78, 5) is 14.5. The van der Waals surface area contributed by atoms with Gasteiger partial charge in [0, 0.05) is 30.7 Å². The monoisotopic (exact) mass is 330 g/mol. The van der Waals surface area contributed by atoms with Crippen LogP contribution in [0.5, 0.6) is 0 Å². The van der Waals surface area contributed by atoms with E-state index in [0.29, 0.717) is 18.1 Å². The molecule has 0 radical (unpaired) electrons. The number of nitrogens with one attached hydrogen (secondary N) is 2. The molecule has 0 spiro atoms. The standard InChI is InChI=1S/C14H19ClN4O.ClH/c15-12-4-2-1-3-10(12)13-11(7-17-18-13)14(20)19-6-5-9(16)8-19;/h1-4,9,11,13,17-18H,5-8,16H2;1H/t9-,11?,13?;/m1./s1. The summed E-state index contributed by atoms with van der Waals surface area (Å²) < 4.78 is 0. The van der Waals surface area contributed by atoms with E-state index in [4.69, 9.17) is 17.3 Å². The zero-order valence-electron chi connectivity index (χ0n) is 11.6. The molecular weight excluding hydrogens is 311 g/mol. The third-order valence-corrected chi connectivity index (χ3v) is 4.42. The van der Waals surface area contributed by atoms with E-state index in [2.05, 4.69) is 10.9 Å². The number of nitrogens with zero attached hydrogens (tertiary/aromatic N) is 1. The summed E-state index contributed by atoms with van der Waals surface area (Å²) in [5, 5.41) is 0.685. The van der Waals surface area contributed by atoms with Gasteiger partial charge in [-0.15, -0.1) is 12.4 Å². The summed E-state index contributed by atoms with van der Waals surface area (Å²) in [5.74, 6) is 0.0144. The van der Waals surface area contributed by atoms with Crippen molar-refractivity contribution in [2.45, 2.75) is 18.5 Å². The van der Waals surface area contributed by atoms with Crippen molar-refractivity contribution < 1.29 is 4.79 Å². The second kappa shape index (κ2) is 6.94. The number of likely N-dealkylation sites (tertiary alicyclic amines) is 1. The molecule has 2 aliphatic heterocycles. The first kappa shape index (κ1) is 16.5. The van der Waals surface area contributed by atoms with Gasteiger partial charge in [-0.25, -0.2) is 5.43 Å². The van der Waals surface area contributed by atoms with Gasteiger partial charge in [0.1, 0.15) is 0 Å². The molecule has 3 atom stereocenters. The number of amides is 1. The molecule has 0 saturated carbocycles. The number of hydrazine groups is 1. The van der Waals surface area contributed by atoms with E-state index in [9.17, 15) is 4.79 Å². The summed E-state index contributed by atoms with van der Waals surface area (Å²) in [6, 6.07) is 7.67. The smallest absolute Gasteiger partial charge is 0.229 e. The Morgan fingerprint density at radius 2 is 2.14 bits per heavy atom. The van der Waals surface area contributed by atoms with Crippen LogP contribution in [0.15, 0.2) is 24.3 Å². The maximum absolute atomic E-state index is 12.6. The van der Waals surface area contributed by atoms with Crippen LogP contribution in [0.25, 0.3) is 0 Å². The molecule has 4 N–H and O–H groups in total. The van der Waals surface area contributed by atoms with Crippen molar-refractivity contribution in [1.82, 2.24) is 15.8 Å². The molecule has 3 rings (SSSR count). The number of benzene rings is 1. The van der Waals surface area contributed by atoms with Crippen LogP contribution in [0, 0.1) is 5.92 Å². The van der Waals surface area contributed by atoms with E-state index < -0.39 is 0 Å². The van der Waals surface area contributed by atoms with Crippen LogP contribution in [0.1, 0.15) is 18.0 Å². The van der Waals surface area contributed by atoms with Gasteiger partial charge in [0.15, 0.2) is 0 Å². The fraction of sp³-hybridized carbons (Fsp3) is 0.500. The number of hydrogen-bond acceptors (Lipinski definition) is 4. The fourth-order valence-corrected chi connectivity index (χ4v) is 3.22. The van der Waals surface area contributed by atoms with Gasteiger partial charge in [-0.05, 0) is 18.1 Å². The maximum Gasteiger partial charge on any atom is 0.229 e. The molecule has 2 fully saturated rings. The SMILES string of the molecule is Cl.N[C@@H]1CCN(C(=O)C2CNNC2c2ccccc2Cl)C1. The zero-order valence-corrected chi connectivity index (χ0v) is 13.2. The Labute approximate surface area is 135 Å². The van der Waals surface area contributed by atoms with E-state index in [1.165, 1.54) is 0 Å². The zero-order chi connectivity index (χ0) is 14.1. The average Bonchev–Trinajstić information content (AvgIpc) is 3.07. The first-order valence-electron chi connectivity index (χ1n) is 6.94. The maximum atomic E-state index is 12.6. The van der Waals surface area contributed by atoms with E-state index in [1.807, 2.05) is 29.2 Å². The quantitative estimate of drug-likeness (QED) is 0.759. The van der Waals surface area contributed by atoms with Crippen molar-refractivity contribution in [2.75, 3.05) is 19.6 Å². The van der Waals surface area contributed by atoms with E-state index in [0.717, 1.165) is 18.5 Å². The van der Waals surface area contributed by atoms with Gasteiger partial charge in [0.2, 0.25) is 5.91 Å². The first-order valence-corrected chi connectivity index (χ1v) is 7.32. The van der Waals surface area contributed by atoms with Gasteiger partial charge >= 0.3 is 0 Å². The van der Waals surface area contributed by atoms with Crippen LogP contribution >= 0.6 is 24.0 Å². The molecule has 1 aromatic carbocycles. The fourth-order valence-electron chi connectivity index (χ4n) is 2.97. The Morgan fingerprint density at radius 1 is 1.38 bits per heavy atom. The highest BCUT2D eigenvalue weighted by molar-refractivity contribution is 6.31. The third-order valence-electron chi connectivity index (χ3n) is 4.08. The van der Waals surface area contributed by atoms with E-state index in [-0.39, 0.29) is 36.3 Å². The van der Waals surface area contributed by atoms with Gasteiger partial charge in [0.25, 0.3) is 0 Å². The van der Waals surface area contributed by atoms with Crippen molar-refractivity contribution in [3.05, 3.63) is 34.9 Å². The highest BCUT2D eigenvalue weighted by Crippen LogP contribution is 2.31. The second-order valence-electron chi connectivity index (χ2n) is 5.46. The van der Waals surface area contributed by atoms with Gasteiger partial charge in [0.05, 0.1) is 12.0 Å². The molecular formula is C14H20Cl2N4O. The molecule has 0 aliphatic carbocycles. The normalized spacial score (nSPS) is 28.5. The van der Waals surface area contributed by atoms with Crippen LogP contribution < -0.4 is 16.6 Å². The highest BCUT2D eigenvalue weighted by atomic mass is 35.5. The molecule has 2 heterocycles. The Morgan fingerprint density at radius 3 is 2.81 bits per heavy atom. The van der Waals surface area contributed by atoms with Crippen LogP contribution in [0.2, 0.25) is 5.02 Å². The van der Waals surface area contributed by atoms with Gasteiger partial charge in [-0.2, -0.15) is 0 Å². The van der Waals surface area contributed by atoms with Crippen LogP contribution in [-0.2, 0) is 4.79 Å². The molecule has 0 aromatic heterocycles. The summed E-state index contributed by atoms with van der Waals surface area (Å²) in [6.07, 6.45) is 0.885. The molecule has 1 amide bonds. The minimum absolute atomic E-state index is 0. The third kappa shape index (κ3) is 3.33. The lowest BCUT2D eigenvalue weighted by atomic mass is 9.93. The average molecular weight is 331 g/mol. The number of nitrogens with two attached hydrogens (primary N) is 1. The van der Waals surface area contributed by atoms with Crippen molar-refractivity contribution in [1.29, 1.82) is 0 Å². The largest absolute Gasteiger partial charge is 0.341 e. The van der Waals surface area contributed by atoms with Crippen LogP contribution in [0.3, 0.4) is 0 Å². The van der Waals surface area contributed by atoms with Gasteiger partial charge in [-0.1, -0.05) is 29.8 Å². The van der Waals surface area contributed by atoms with Crippen molar-refractivity contribution in [3.63, 3.8) is 0 Å². The molecule has 0 bridgehead atoms. The highest BCUT2D eigenvalue weighted by Gasteiger charge is 2.38. The summed E-state index contributed by atoms with van der Waals surface area (Å²) >= 11 is 6.24. The first-order chi connectivity index (χ1) is 9.66. The molecule has 21 heavy (non-hydrogen) atoms. The lowest BCUT2D eigenvalue weighted by Crippen LogP contribution is -2.39. The molecule has 2 aliphatic rings. The number of halogens is 2. The minimum Gasteiger partial charge on any atom is -0.341 e. The Balaban J connectivity index is 0.00000161. The van der Waals surface area contributed by atoms with E-state index in [1.54, 1.807) is 0 Å². The van der Waals surface area contributed by atoms with Gasteiger partial charge in [-0.3, -0.25) is 10.2 Å². The van der Waals surface area contributed by atoms with Crippen molar-refractivity contribution in [3.8, 4) is 0 Å². The molecule has 5 nitrogen and oxygen atoms in total. The molecule has 2 unspecified atom stereocenters. The lowest BCUT2D eigenvalue weighted by Gasteiger charge is -2.24. The molecule has 116 valence electrons. The van der Waals surface area contributed by atoms with Crippen molar-refractivity contribution >= 4 is 29.9 Å². The Hall–Kier alpha value is -0.850. The lowest BCUT2D eigenvalue weighted by molar-refractivity contribution is -0.134. The summed E-state index contributed by atoms with van der Waals surface area (Å²) in [7, 11) is 0. The molecule has 2 saturated heterocycles. The van der Waals surface area contributed by atoms with E-state index >= 15 is 0 Å². The number of rotatable bonds is 2. The van der Waals surface area contributed by atoms with Crippen LogP contribution in [0.4, 0.5) is 0 Å². The number of carbonyl (C=O) groups excluding carboxylic acids is 1. The van der Waals surface area contributed by atoms with Crippen LogP contribution in [-0.4, -0.2) is 36.5 Å². The molecule has 1 aromatic rings.